The molecular formula is C11H12BrF3N2O3. The zero-order chi connectivity index (χ0) is 15.3. The topological polar surface area (TPSA) is 77.1 Å². The van der Waals surface area contributed by atoms with E-state index >= 15 is 0 Å². The Labute approximate surface area is 121 Å². The first-order chi connectivity index (χ1) is 9.29. The molecule has 3 N–H and O–H groups in total. The Bertz CT molecular complexity index is 494. The summed E-state index contributed by atoms with van der Waals surface area (Å²) in [6.07, 6.45) is -4.67. The molecule has 9 heteroatoms. The van der Waals surface area contributed by atoms with Gasteiger partial charge >= 0.3 is 6.18 Å². The highest BCUT2D eigenvalue weighted by molar-refractivity contribution is 9.10. The molecule has 20 heavy (non-hydrogen) atoms. The Hall–Kier alpha value is -1.64. The molecule has 0 fully saturated rings. The first-order valence-electron chi connectivity index (χ1n) is 5.30. The van der Waals surface area contributed by atoms with Crippen LogP contribution >= 0.6 is 15.9 Å². The molecule has 5 nitrogen and oxygen atoms in total. The molecule has 0 radical (unpaired) electrons. The number of amidine groups is 1. The van der Waals surface area contributed by atoms with Crippen LogP contribution in [0.1, 0.15) is 0 Å². The van der Waals surface area contributed by atoms with Crippen LogP contribution in [0.15, 0.2) is 27.8 Å². The Morgan fingerprint density at radius 1 is 1.50 bits per heavy atom. The summed E-state index contributed by atoms with van der Waals surface area (Å²) in [6, 6.07) is 4.52. The molecule has 0 heterocycles. The van der Waals surface area contributed by atoms with Gasteiger partial charge in [-0.2, -0.15) is 13.2 Å². The number of oxime groups is 1. The molecule has 1 rings (SSSR count). The quantitative estimate of drug-likeness (QED) is 0.368. The van der Waals surface area contributed by atoms with Crippen molar-refractivity contribution in [2.75, 3.05) is 13.7 Å². The Morgan fingerprint density at radius 3 is 2.60 bits per heavy atom. The lowest BCUT2D eigenvalue weighted by molar-refractivity contribution is -0.162. The normalized spacial score (nSPS) is 13.9. The summed E-state index contributed by atoms with van der Waals surface area (Å²) in [5.74, 6) is -2.44. The lowest BCUT2D eigenvalue weighted by atomic mass is 10.1. The van der Waals surface area contributed by atoms with Gasteiger partial charge in [0.2, 0.25) is 0 Å². The molecule has 1 unspecified atom stereocenters. The minimum absolute atomic E-state index is 0.186. The summed E-state index contributed by atoms with van der Waals surface area (Å²) >= 11 is 3.15. The van der Waals surface area contributed by atoms with Crippen molar-refractivity contribution < 1.29 is 27.9 Å². The number of halogens is 4. The summed E-state index contributed by atoms with van der Waals surface area (Å²) in [6.45, 7) is -0.801. The fourth-order valence-corrected chi connectivity index (χ4v) is 1.79. The van der Waals surface area contributed by atoms with Gasteiger partial charge in [-0.3, -0.25) is 0 Å². The van der Waals surface area contributed by atoms with Gasteiger partial charge in [-0.15, -0.1) is 0 Å². The van der Waals surface area contributed by atoms with Crippen molar-refractivity contribution in [3.63, 3.8) is 0 Å². The monoisotopic (exact) mass is 356 g/mol. The van der Waals surface area contributed by atoms with E-state index in [9.17, 15) is 13.2 Å². The van der Waals surface area contributed by atoms with Crippen molar-refractivity contribution in [2.45, 2.75) is 6.18 Å². The molecule has 1 atom stereocenters. The van der Waals surface area contributed by atoms with Gasteiger partial charge in [0.15, 0.2) is 5.84 Å². The van der Waals surface area contributed by atoms with E-state index in [0.29, 0.717) is 10.2 Å². The Morgan fingerprint density at radius 2 is 2.15 bits per heavy atom. The highest BCUT2D eigenvalue weighted by atomic mass is 79.9. The smallest absolute Gasteiger partial charge is 0.402 e. The SMILES string of the molecule is COc1ccc(OCC(/C(N)=N/O)C(F)(F)F)c(Br)c1. The molecule has 0 aliphatic carbocycles. The van der Waals surface area contributed by atoms with Crippen LogP contribution in [-0.2, 0) is 0 Å². The van der Waals surface area contributed by atoms with Gasteiger partial charge in [-0.1, -0.05) is 5.16 Å². The standard InChI is InChI=1S/C11H12BrF3N2O3/c1-19-6-2-3-9(8(12)4-6)20-5-7(10(16)17-18)11(13,14)15/h2-4,7,18H,5H2,1H3,(H2,16,17). The van der Waals surface area contributed by atoms with Gasteiger partial charge < -0.3 is 20.4 Å². The van der Waals surface area contributed by atoms with Crippen LogP contribution in [0.2, 0.25) is 0 Å². The zero-order valence-corrected chi connectivity index (χ0v) is 11.9. The first kappa shape index (κ1) is 16.4. The number of nitrogens with zero attached hydrogens (tertiary/aromatic N) is 1. The third-order valence-electron chi connectivity index (χ3n) is 2.41. The summed E-state index contributed by atoms with van der Waals surface area (Å²) in [4.78, 5) is 0. The highest BCUT2D eigenvalue weighted by Crippen LogP contribution is 2.31. The van der Waals surface area contributed by atoms with Crippen LogP contribution in [0, 0.1) is 5.92 Å². The maximum Gasteiger partial charge on any atom is 0.402 e. The summed E-state index contributed by atoms with van der Waals surface area (Å²) in [5, 5.41) is 10.8. The lowest BCUT2D eigenvalue weighted by Gasteiger charge is -2.19. The van der Waals surface area contributed by atoms with Crippen LogP contribution in [0.3, 0.4) is 0 Å². The fraction of sp³-hybridized carbons (Fsp3) is 0.364. The van der Waals surface area contributed by atoms with E-state index in [1.807, 2.05) is 0 Å². The van der Waals surface area contributed by atoms with Crippen molar-refractivity contribution in [1.82, 2.24) is 0 Å². The molecule has 112 valence electrons. The van der Waals surface area contributed by atoms with Crippen LogP contribution in [0.5, 0.6) is 11.5 Å². The minimum atomic E-state index is -4.67. The molecule has 0 aliphatic heterocycles. The molecule has 1 aromatic rings. The second-order valence-corrected chi connectivity index (χ2v) is 4.58. The zero-order valence-electron chi connectivity index (χ0n) is 10.3. The van der Waals surface area contributed by atoms with Crippen LogP contribution in [-0.4, -0.2) is 30.9 Å². The fourth-order valence-electron chi connectivity index (χ4n) is 1.32. The number of ether oxygens (including phenoxy) is 2. The van der Waals surface area contributed by atoms with Crippen molar-refractivity contribution in [2.24, 2.45) is 16.8 Å². The van der Waals surface area contributed by atoms with E-state index in [-0.39, 0.29) is 5.75 Å². The molecule has 0 saturated carbocycles. The number of benzene rings is 1. The number of hydrogen-bond donors (Lipinski definition) is 2. The van der Waals surface area contributed by atoms with Crippen LogP contribution in [0.25, 0.3) is 0 Å². The number of hydrogen-bond acceptors (Lipinski definition) is 4. The number of nitrogens with two attached hydrogens (primary N) is 1. The second-order valence-electron chi connectivity index (χ2n) is 3.73. The molecule has 0 amide bonds. The molecule has 0 spiro atoms. The molecule has 0 bridgehead atoms. The van der Waals surface area contributed by atoms with Crippen LogP contribution in [0.4, 0.5) is 13.2 Å². The third-order valence-corrected chi connectivity index (χ3v) is 3.03. The van der Waals surface area contributed by atoms with Gasteiger partial charge in [0.25, 0.3) is 0 Å². The highest BCUT2D eigenvalue weighted by Gasteiger charge is 2.43. The number of methoxy groups -OCH3 is 1. The summed E-state index contributed by atoms with van der Waals surface area (Å²) in [7, 11) is 1.46. The number of rotatable bonds is 5. The van der Waals surface area contributed by atoms with E-state index in [1.165, 1.54) is 19.2 Å². The first-order valence-corrected chi connectivity index (χ1v) is 6.09. The van der Waals surface area contributed by atoms with E-state index < -0.39 is 24.5 Å². The van der Waals surface area contributed by atoms with E-state index in [4.69, 9.17) is 20.4 Å². The average Bonchev–Trinajstić information content (AvgIpc) is 2.38. The van der Waals surface area contributed by atoms with Crippen molar-refractivity contribution in [3.05, 3.63) is 22.7 Å². The van der Waals surface area contributed by atoms with Crippen molar-refractivity contribution >= 4 is 21.8 Å². The van der Waals surface area contributed by atoms with Gasteiger partial charge in [-0.05, 0) is 34.1 Å². The predicted molar refractivity (Wildman–Crippen MR) is 69.1 cm³/mol. The molecule has 0 saturated heterocycles. The summed E-state index contributed by atoms with van der Waals surface area (Å²) in [5.41, 5.74) is 5.02. The maximum absolute atomic E-state index is 12.7. The Balaban J connectivity index is 2.83. The van der Waals surface area contributed by atoms with Gasteiger partial charge in [0, 0.05) is 0 Å². The van der Waals surface area contributed by atoms with E-state index in [1.54, 1.807) is 6.07 Å². The summed E-state index contributed by atoms with van der Waals surface area (Å²) < 4.78 is 48.5. The largest absolute Gasteiger partial charge is 0.497 e. The molecular weight excluding hydrogens is 345 g/mol. The number of alkyl halides is 3. The van der Waals surface area contributed by atoms with Gasteiger partial charge in [-0.25, -0.2) is 0 Å². The molecule has 0 aromatic heterocycles. The van der Waals surface area contributed by atoms with Crippen molar-refractivity contribution in [3.8, 4) is 11.5 Å². The third kappa shape index (κ3) is 4.19. The average molecular weight is 357 g/mol. The molecule has 1 aromatic carbocycles. The lowest BCUT2D eigenvalue weighted by Crippen LogP contribution is -2.40. The van der Waals surface area contributed by atoms with Crippen molar-refractivity contribution in [1.29, 1.82) is 0 Å². The van der Waals surface area contributed by atoms with Gasteiger partial charge in [0.05, 0.1) is 11.6 Å². The Kier molecular flexibility index (Phi) is 5.49. The maximum atomic E-state index is 12.7. The molecule has 0 aliphatic rings. The predicted octanol–water partition coefficient (Wildman–Crippen LogP) is 2.76. The van der Waals surface area contributed by atoms with Crippen LogP contribution < -0.4 is 15.2 Å². The van der Waals surface area contributed by atoms with Gasteiger partial charge in [0.1, 0.15) is 24.0 Å². The second kappa shape index (κ2) is 6.69. The minimum Gasteiger partial charge on any atom is -0.497 e. The van der Waals surface area contributed by atoms with E-state index in [2.05, 4.69) is 21.1 Å². The van der Waals surface area contributed by atoms with E-state index in [0.717, 1.165) is 0 Å².